The van der Waals surface area contributed by atoms with Gasteiger partial charge in [0.1, 0.15) is 19.8 Å². The molecule has 0 amide bonds. The predicted octanol–water partition coefficient (Wildman–Crippen LogP) is 1.17. The van der Waals surface area contributed by atoms with Gasteiger partial charge in [-0.2, -0.15) is 0 Å². The lowest BCUT2D eigenvalue weighted by Gasteiger charge is -2.11. The minimum absolute atomic E-state index is 0.0642. The van der Waals surface area contributed by atoms with Crippen LogP contribution in [0.3, 0.4) is 0 Å². The highest BCUT2D eigenvalue weighted by molar-refractivity contribution is 5.81. The summed E-state index contributed by atoms with van der Waals surface area (Å²) in [5.41, 5.74) is 0. The van der Waals surface area contributed by atoms with Crippen LogP contribution >= 0.6 is 0 Å². The summed E-state index contributed by atoms with van der Waals surface area (Å²) in [4.78, 5) is 10.8. The summed E-state index contributed by atoms with van der Waals surface area (Å²) in [6.07, 6.45) is 1.10. The summed E-state index contributed by atoms with van der Waals surface area (Å²) in [6.45, 7) is 3.78. The molecule has 0 atom stereocenters. The van der Waals surface area contributed by atoms with Crippen molar-refractivity contribution in [3.8, 4) is 11.5 Å². The van der Waals surface area contributed by atoms with Crippen molar-refractivity contribution in [3.05, 3.63) is 36.9 Å². The number of carbonyl (C=O) groups excluding carboxylic acids is 1. The van der Waals surface area contributed by atoms with Crippen LogP contribution in [0.4, 0.5) is 0 Å². The van der Waals surface area contributed by atoms with Crippen molar-refractivity contribution in [2.24, 2.45) is 0 Å². The average Bonchev–Trinajstić information content (AvgIpc) is 2.42. The predicted molar refractivity (Wildman–Crippen MR) is 65.7 cm³/mol. The van der Waals surface area contributed by atoms with E-state index in [-0.39, 0.29) is 26.4 Å². The zero-order valence-corrected chi connectivity index (χ0v) is 10.0. The topological polar surface area (TPSA) is 65.0 Å². The zero-order chi connectivity index (χ0) is 13.2. The first-order chi connectivity index (χ1) is 8.77. The SMILES string of the molecule is C=CC(=O)OCCOc1ccccc1OCCO. The largest absolute Gasteiger partial charge is 0.487 e. The Morgan fingerprint density at radius 1 is 1.17 bits per heavy atom. The molecule has 1 aromatic carbocycles. The molecular formula is C13H16O5. The van der Waals surface area contributed by atoms with Crippen LogP contribution in [0.25, 0.3) is 0 Å². The van der Waals surface area contributed by atoms with Gasteiger partial charge >= 0.3 is 5.97 Å². The van der Waals surface area contributed by atoms with E-state index in [1.807, 2.05) is 0 Å². The minimum atomic E-state index is -0.483. The molecule has 98 valence electrons. The Labute approximate surface area is 106 Å². The molecule has 1 N–H and O–H groups in total. The summed E-state index contributed by atoms with van der Waals surface area (Å²) in [7, 11) is 0. The van der Waals surface area contributed by atoms with Crippen LogP contribution in [0.15, 0.2) is 36.9 Å². The van der Waals surface area contributed by atoms with Gasteiger partial charge in [-0.05, 0) is 12.1 Å². The van der Waals surface area contributed by atoms with Crippen molar-refractivity contribution in [1.29, 1.82) is 0 Å². The molecule has 5 heteroatoms. The maximum atomic E-state index is 10.8. The van der Waals surface area contributed by atoms with Gasteiger partial charge in [-0.25, -0.2) is 4.79 Å². The molecule has 1 rings (SSSR count). The zero-order valence-electron chi connectivity index (χ0n) is 10.0. The second-order valence-corrected chi connectivity index (χ2v) is 3.24. The molecule has 0 unspecified atom stereocenters. The van der Waals surface area contributed by atoms with Crippen LogP contribution < -0.4 is 9.47 Å². The van der Waals surface area contributed by atoms with Gasteiger partial charge in [0, 0.05) is 6.08 Å². The van der Waals surface area contributed by atoms with Crippen LogP contribution in [0.2, 0.25) is 0 Å². The smallest absolute Gasteiger partial charge is 0.330 e. The average molecular weight is 252 g/mol. The monoisotopic (exact) mass is 252 g/mol. The normalized spacial score (nSPS) is 9.61. The molecule has 5 nitrogen and oxygen atoms in total. The molecule has 0 radical (unpaired) electrons. The third kappa shape index (κ3) is 4.88. The molecule has 0 aromatic heterocycles. The number of carbonyl (C=O) groups is 1. The molecule has 0 saturated carbocycles. The lowest BCUT2D eigenvalue weighted by Crippen LogP contribution is -2.11. The number of hydrogen-bond acceptors (Lipinski definition) is 5. The quantitative estimate of drug-likeness (QED) is 0.427. The van der Waals surface area contributed by atoms with Crippen molar-refractivity contribution in [3.63, 3.8) is 0 Å². The maximum absolute atomic E-state index is 10.8. The Bertz CT molecular complexity index is 389. The Morgan fingerprint density at radius 3 is 2.33 bits per heavy atom. The molecule has 0 fully saturated rings. The van der Waals surface area contributed by atoms with Gasteiger partial charge in [0.2, 0.25) is 0 Å². The van der Waals surface area contributed by atoms with Crippen molar-refractivity contribution in [2.75, 3.05) is 26.4 Å². The fourth-order valence-corrected chi connectivity index (χ4v) is 1.20. The summed E-state index contributed by atoms with van der Waals surface area (Å²) in [5, 5.41) is 8.69. The molecule has 0 aliphatic heterocycles. The van der Waals surface area contributed by atoms with Gasteiger partial charge in [0.05, 0.1) is 6.61 Å². The first kappa shape index (κ1) is 14.1. The molecule has 1 aromatic rings. The highest BCUT2D eigenvalue weighted by Gasteiger charge is 2.04. The van der Waals surface area contributed by atoms with E-state index in [0.717, 1.165) is 6.08 Å². The number of ether oxygens (including phenoxy) is 3. The molecule has 0 bridgehead atoms. The highest BCUT2D eigenvalue weighted by Crippen LogP contribution is 2.26. The standard InChI is InChI=1S/C13H16O5/c1-2-13(15)18-10-9-17-12-6-4-3-5-11(12)16-8-7-14/h2-6,14H,1,7-10H2. The number of rotatable bonds is 8. The summed E-state index contributed by atoms with van der Waals surface area (Å²) in [6, 6.07) is 7.08. The van der Waals surface area contributed by atoms with Crippen LogP contribution in [-0.4, -0.2) is 37.5 Å². The second kappa shape index (κ2) is 8.14. The minimum Gasteiger partial charge on any atom is -0.487 e. The number of esters is 1. The van der Waals surface area contributed by atoms with E-state index in [1.54, 1.807) is 24.3 Å². The van der Waals surface area contributed by atoms with Crippen molar-refractivity contribution >= 4 is 5.97 Å². The molecule has 18 heavy (non-hydrogen) atoms. The van der Waals surface area contributed by atoms with Crippen molar-refractivity contribution in [2.45, 2.75) is 0 Å². The summed E-state index contributed by atoms with van der Waals surface area (Å²) < 4.78 is 15.5. The van der Waals surface area contributed by atoms with Crippen LogP contribution in [0.5, 0.6) is 11.5 Å². The van der Waals surface area contributed by atoms with Gasteiger partial charge in [-0.15, -0.1) is 0 Å². The number of hydrogen-bond donors (Lipinski definition) is 1. The van der Waals surface area contributed by atoms with Gasteiger partial charge < -0.3 is 19.3 Å². The lowest BCUT2D eigenvalue weighted by molar-refractivity contribution is -0.138. The molecule has 0 saturated heterocycles. The molecular weight excluding hydrogens is 236 g/mol. The summed E-state index contributed by atoms with van der Waals surface area (Å²) >= 11 is 0. The van der Waals surface area contributed by atoms with E-state index >= 15 is 0 Å². The van der Waals surface area contributed by atoms with E-state index in [1.165, 1.54) is 0 Å². The Kier molecular flexibility index (Phi) is 6.35. The number of benzene rings is 1. The van der Waals surface area contributed by atoms with Gasteiger partial charge in [0.25, 0.3) is 0 Å². The van der Waals surface area contributed by atoms with Gasteiger partial charge in [-0.3, -0.25) is 0 Å². The molecule has 0 spiro atoms. The number of aliphatic hydroxyl groups is 1. The van der Waals surface area contributed by atoms with E-state index in [9.17, 15) is 4.79 Å². The fourth-order valence-electron chi connectivity index (χ4n) is 1.20. The molecule has 0 aliphatic carbocycles. The van der Waals surface area contributed by atoms with Crippen LogP contribution in [0.1, 0.15) is 0 Å². The van der Waals surface area contributed by atoms with Crippen LogP contribution in [-0.2, 0) is 9.53 Å². The fraction of sp³-hybridized carbons (Fsp3) is 0.308. The highest BCUT2D eigenvalue weighted by atomic mass is 16.6. The number of para-hydroxylation sites is 2. The molecule has 0 aliphatic rings. The Hall–Kier alpha value is -2.01. The van der Waals surface area contributed by atoms with Gasteiger partial charge in [-0.1, -0.05) is 18.7 Å². The van der Waals surface area contributed by atoms with E-state index in [2.05, 4.69) is 6.58 Å². The lowest BCUT2D eigenvalue weighted by atomic mass is 10.3. The van der Waals surface area contributed by atoms with E-state index in [4.69, 9.17) is 19.3 Å². The van der Waals surface area contributed by atoms with Crippen molar-refractivity contribution in [1.82, 2.24) is 0 Å². The molecule has 0 heterocycles. The Balaban J connectivity index is 2.40. The first-order valence-corrected chi connectivity index (χ1v) is 5.52. The summed E-state index contributed by atoms with van der Waals surface area (Å²) in [5.74, 6) is 0.602. The van der Waals surface area contributed by atoms with Crippen molar-refractivity contribution < 1.29 is 24.1 Å². The van der Waals surface area contributed by atoms with Gasteiger partial charge in [0.15, 0.2) is 11.5 Å². The third-order valence-corrected chi connectivity index (χ3v) is 1.95. The van der Waals surface area contributed by atoms with Crippen LogP contribution in [0, 0.1) is 0 Å². The number of aliphatic hydroxyl groups excluding tert-OH is 1. The maximum Gasteiger partial charge on any atom is 0.330 e. The Morgan fingerprint density at radius 2 is 1.78 bits per heavy atom. The van der Waals surface area contributed by atoms with E-state index in [0.29, 0.717) is 11.5 Å². The third-order valence-electron chi connectivity index (χ3n) is 1.95. The first-order valence-electron chi connectivity index (χ1n) is 5.52. The second-order valence-electron chi connectivity index (χ2n) is 3.24. The van der Waals surface area contributed by atoms with E-state index < -0.39 is 5.97 Å².